The van der Waals surface area contributed by atoms with Crippen LogP contribution in [0.3, 0.4) is 0 Å². The van der Waals surface area contributed by atoms with Crippen molar-refractivity contribution < 1.29 is 23.9 Å². The largest absolute Gasteiger partial charge is 0.444 e. The first kappa shape index (κ1) is 30.6. The molecule has 3 fully saturated rings. The first-order chi connectivity index (χ1) is 16.8. The van der Waals surface area contributed by atoms with Gasteiger partial charge in [0.05, 0.1) is 6.10 Å². The van der Waals surface area contributed by atoms with E-state index < -0.39 is 13.9 Å². The Morgan fingerprint density at radius 3 is 2.30 bits per heavy atom. The Kier molecular flexibility index (Phi) is 8.75. The van der Waals surface area contributed by atoms with Crippen LogP contribution in [0.25, 0.3) is 0 Å². The Balaban J connectivity index is 1.88. The molecule has 0 aromatic carbocycles. The third-order valence-corrected chi connectivity index (χ3v) is 15.3. The third kappa shape index (κ3) is 6.46. The summed E-state index contributed by atoms with van der Waals surface area (Å²) < 4.78 is 12.3. The average molecular weight is 538 g/mol. The van der Waals surface area contributed by atoms with Crippen LogP contribution in [0, 0.1) is 34.5 Å². The summed E-state index contributed by atoms with van der Waals surface area (Å²) in [6.07, 6.45) is 5.27. The standard InChI is InChI=1S/C30H55NO5Si/c1-27(2,3)36-26(34)31-18-22-23-11-12-25(33)30(23,8)16-14-24(22)29(7)15-13-21(32)17-20(29)19-35-37(9,10)28(4,5)6/h20-24,32H,11-19H2,1-10H3,(H,31,34)/t20-,21+,22+,23+,24+,29+,30+/m1/s1. The SMILES string of the molecule is CC(C)(C)OC(=O)NC[C@@H]1[C@@H]([C@@]2(C)CC[C@H](O)C[C@@H]2CO[Si](C)(C)C(C)(C)C)CC[C@]2(C)C(=O)CC[C@@H]12. The van der Waals surface area contributed by atoms with Crippen LogP contribution in [-0.4, -0.2) is 50.2 Å². The van der Waals surface area contributed by atoms with E-state index in [1.54, 1.807) is 0 Å². The van der Waals surface area contributed by atoms with E-state index in [1.165, 1.54) is 0 Å². The number of ketones is 1. The molecule has 3 aliphatic rings. The van der Waals surface area contributed by atoms with Crippen LogP contribution in [0.5, 0.6) is 0 Å². The molecule has 0 radical (unpaired) electrons. The lowest BCUT2D eigenvalue weighted by molar-refractivity contribution is -0.135. The summed E-state index contributed by atoms with van der Waals surface area (Å²) in [5.74, 6) is 1.46. The molecule has 37 heavy (non-hydrogen) atoms. The minimum absolute atomic E-state index is 0.0190. The van der Waals surface area contributed by atoms with Crippen molar-refractivity contribution in [2.45, 2.75) is 130 Å². The zero-order valence-corrected chi connectivity index (χ0v) is 26.3. The maximum absolute atomic E-state index is 13.0. The molecule has 3 rings (SSSR count). The van der Waals surface area contributed by atoms with Gasteiger partial charge in [-0.3, -0.25) is 4.79 Å². The number of carbonyl (C=O) groups excluding carboxylic acids is 2. The summed E-state index contributed by atoms with van der Waals surface area (Å²) in [6.45, 7) is 22.8. The number of hydrogen-bond donors (Lipinski definition) is 2. The van der Waals surface area contributed by atoms with E-state index in [2.05, 4.69) is 53.0 Å². The molecule has 0 spiro atoms. The van der Waals surface area contributed by atoms with Gasteiger partial charge in [-0.05, 0) is 107 Å². The Bertz CT molecular complexity index is 846. The zero-order chi connectivity index (χ0) is 28.0. The van der Waals surface area contributed by atoms with Crippen LogP contribution in [0.1, 0.15) is 100 Å². The minimum atomic E-state index is -1.94. The second-order valence-corrected chi connectivity index (χ2v) is 20.2. The maximum atomic E-state index is 13.0. The molecule has 0 aliphatic heterocycles. The average Bonchev–Trinajstić information content (AvgIpc) is 3.05. The number of nitrogens with one attached hydrogen (secondary N) is 1. The highest BCUT2D eigenvalue weighted by molar-refractivity contribution is 6.74. The molecule has 3 aliphatic carbocycles. The number of fused-ring (bicyclic) bond motifs is 1. The van der Waals surface area contributed by atoms with E-state index in [0.717, 1.165) is 38.5 Å². The third-order valence-electron chi connectivity index (χ3n) is 10.8. The van der Waals surface area contributed by atoms with E-state index >= 15 is 0 Å². The minimum Gasteiger partial charge on any atom is -0.444 e. The van der Waals surface area contributed by atoms with Crippen LogP contribution in [0.4, 0.5) is 4.79 Å². The number of rotatable bonds is 6. The van der Waals surface area contributed by atoms with Gasteiger partial charge in [-0.25, -0.2) is 4.79 Å². The lowest BCUT2D eigenvalue weighted by Crippen LogP contribution is -2.55. The number of carbonyl (C=O) groups is 2. The van der Waals surface area contributed by atoms with Gasteiger partial charge in [-0.2, -0.15) is 0 Å². The van der Waals surface area contributed by atoms with Crippen molar-refractivity contribution in [2.75, 3.05) is 13.2 Å². The van der Waals surface area contributed by atoms with Gasteiger partial charge in [0.2, 0.25) is 0 Å². The Labute approximate surface area is 227 Å². The lowest BCUT2D eigenvalue weighted by atomic mass is 9.49. The molecule has 2 N–H and O–H groups in total. The van der Waals surface area contributed by atoms with Crippen molar-refractivity contribution in [2.24, 2.45) is 34.5 Å². The Morgan fingerprint density at radius 1 is 1.05 bits per heavy atom. The summed E-state index contributed by atoms with van der Waals surface area (Å²) in [6, 6.07) is 0. The molecule has 1 amide bonds. The predicted octanol–water partition coefficient (Wildman–Crippen LogP) is 6.71. The van der Waals surface area contributed by atoms with E-state index in [4.69, 9.17) is 9.16 Å². The number of aliphatic hydroxyl groups is 1. The summed E-state index contributed by atoms with van der Waals surface area (Å²) in [7, 11) is -1.94. The van der Waals surface area contributed by atoms with Crippen molar-refractivity contribution in [1.82, 2.24) is 5.32 Å². The molecular formula is C30H55NO5Si. The molecule has 0 bridgehead atoms. The number of ether oxygens (including phenoxy) is 1. The number of hydrogen-bond acceptors (Lipinski definition) is 5. The van der Waals surface area contributed by atoms with Crippen LogP contribution < -0.4 is 5.32 Å². The number of alkyl carbamates (subject to hydrolysis) is 1. The molecular weight excluding hydrogens is 482 g/mol. The summed E-state index contributed by atoms with van der Waals surface area (Å²) in [5.41, 5.74) is -0.866. The van der Waals surface area contributed by atoms with Crippen molar-refractivity contribution >= 4 is 20.2 Å². The maximum Gasteiger partial charge on any atom is 0.407 e. The molecule has 0 unspecified atom stereocenters. The molecule has 214 valence electrons. The number of aliphatic hydroxyl groups excluding tert-OH is 1. The van der Waals surface area contributed by atoms with Crippen LogP contribution in [0.2, 0.25) is 18.1 Å². The van der Waals surface area contributed by atoms with Crippen LogP contribution in [0.15, 0.2) is 0 Å². The molecule has 6 nitrogen and oxygen atoms in total. The fourth-order valence-corrected chi connectivity index (χ4v) is 8.40. The first-order valence-electron chi connectivity index (χ1n) is 14.6. The van der Waals surface area contributed by atoms with Gasteiger partial charge < -0.3 is 19.6 Å². The number of amides is 1. The van der Waals surface area contributed by atoms with Gasteiger partial charge in [0, 0.05) is 25.0 Å². The molecule has 3 saturated carbocycles. The quantitative estimate of drug-likeness (QED) is 0.368. The summed E-state index contributed by atoms with van der Waals surface area (Å²) in [4.78, 5) is 25.7. The molecule has 7 heteroatoms. The van der Waals surface area contributed by atoms with Crippen LogP contribution >= 0.6 is 0 Å². The molecule has 7 atom stereocenters. The van der Waals surface area contributed by atoms with Gasteiger partial charge in [0.25, 0.3) is 0 Å². The van der Waals surface area contributed by atoms with Gasteiger partial charge in [0.15, 0.2) is 8.32 Å². The van der Waals surface area contributed by atoms with Crippen LogP contribution in [-0.2, 0) is 14.0 Å². The highest BCUT2D eigenvalue weighted by atomic mass is 28.4. The Hall–Kier alpha value is -0.923. The van der Waals surface area contributed by atoms with Crippen molar-refractivity contribution in [1.29, 1.82) is 0 Å². The lowest BCUT2D eigenvalue weighted by Gasteiger charge is -2.56. The molecule has 0 aromatic rings. The van der Waals surface area contributed by atoms with E-state index in [-0.39, 0.29) is 45.8 Å². The predicted molar refractivity (Wildman–Crippen MR) is 151 cm³/mol. The van der Waals surface area contributed by atoms with E-state index in [1.807, 2.05) is 20.8 Å². The summed E-state index contributed by atoms with van der Waals surface area (Å²) in [5, 5.41) is 13.9. The molecule has 0 saturated heterocycles. The fraction of sp³-hybridized carbons (Fsp3) is 0.933. The second-order valence-electron chi connectivity index (χ2n) is 15.4. The molecule has 0 heterocycles. The monoisotopic (exact) mass is 537 g/mol. The van der Waals surface area contributed by atoms with Gasteiger partial charge in [-0.1, -0.05) is 34.6 Å². The van der Waals surface area contributed by atoms with Crippen molar-refractivity contribution in [3.8, 4) is 0 Å². The topological polar surface area (TPSA) is 84.9 Å². The summed E-state index contributed by atoms with van der Waals surface area (Å²) >= 11 is 0. The van der Waals surface area contributed by atoms with Gasteiger partial charge >= 0.3 is 6.09 Å². The van der Waals surface area contributed by atoms with Crippen molar-refractivity contribution in [3.63, 3.8) is 0 Å². The normalized spacial score (nSPS) is 37.3. The second kappa shape index (κ2) is 10.6. The fourth-order valence-electron chi connectivity index (χ4n) is 7.35. The Morgan fingerprint density at radius 2 is 1.70 bits per heavy atom. The van der Waals surface area contributed by atoms with Gasteiger partial charge in [0.1, 0.15) is 11.4 Å². The zero-order valence-electron chi connectivity index (χ0n) is 25.3. The number of Topliss-reactive ketones (excluding diaryl/α,β-unsaturated/α-hetero) is 1. The van der Waals surface area contributed by atoms with Crippen molar-refractivity contribution in [3.05, 3.63) is 0 Å². The highest BCUT2D eigenvalue weighted by Gasteiger charge is 2.58. The van der Waals surface area contributed by atoms with Gasteiger partial charge in [-0.15, -0.1) is 0 Å². The highest BCUT2D eigenvalue weighted by Crippen LogP contribution is 2.61. The van der Waals surface area contributed by atoms with E-state index in [0.29, 0.717) is 31.3 Å². The van der Waals surface area contributed by atoms with E-state index in [9.17, 15) is 14.7 Å². The molecule has 0 aromatic heterocycles. The smallest absolute Gasteiger partial charge is 0.407 e. The first-order valence-corrected chi connectivity index (χ1v) is 17.5.